The summed E-state index contributed by atoms with van der Waals surface area (Å²) in [5.41, 5.74) is 0.986. The molecule has 0 atom stereocenters. The highest BCUT2D eigenvalue weighted by Crippen LogP contribution is 2.22. The number of carbonyl (C=O) groups excluding carboxylic acids is 1. The Hall–Kier alpha value is -2.71. The third kappa shape index (κ3) is 5.67. The van der Waals surface area contributed by atoms with E-state index in [1.165, 1.54) is 0 Å². The monoisotopic (exact) mass is 410 g/mol. The Balaban J connectivity index is 1.19. The van der Waals surface area contributed by atoms with Crippen molar-refractivity contribution in [3.63, 3.8) is 0 Å². The topological polar surface area (TPSA) is 82.6 Å². The van der Waals surface area contributed by atoms with Crippen molar-refractivity contribution in [2.75, 3.05) is 62.7 Å². The van der Waals surface area contributed by atoms with Crippen molar-refractivity contribution < 1.29 is 9.53 Å². The lowest BCUT2D eigenvalue weighted by Crippen LogP contribution is -2.44. The van der Waals surface area contributed by atoms with Gasteiger partial charge in [0.15, 0.2) is 11.6 Å². The third-order valence-electron chi connectivity index (χ3n) is 5.72. The molecule has 3 heterocycles. The smallest absolute Gasteiger partial charge is 0.223 e. The number of nitrogens with zero attached hydrogens (tertiary/aromatic N) is 4. The van der Waals surface area contributed by atoms with Crippen LogP contribution in [-0.4, -0.2) is 73.5 Å². The molecule has 2 aliphatic rings. The molecule has 0 saturated carbocycles. The van der Waals surface area contributed by atoms with E-state index >= 15 is 0 Å². The second kappa shape index (κ2) is 10.4. The number of carbonyl (C=O) groups is 1. The van der Waals surface area contributed by atoms with Gasteiger partial charge in [-0.3, -0.25) is 9.69 Å². The van der Waals surface area contributed by atoms with Crippen molar-refractivity contribution in [3.05, 3.63) is 42.5 Å². The molecular formula is C22H30N6O2. The zero-order valence-electron chi connectivity index (χ0n) is 17.3. The number of benzene rings is 1. The quantitative estimate of drug-likeness (QED) is 0.721. The molecule has 2 fully saturated rings. The Kier molecular flexibility index (Phi) is 7.10. The number of hydrogen-bond acceptors (Lipinski definition) is 7. The molecule has 30 heavy (non-hydrogen) atoms. The Morgan fingerprint density at radius 2 is 1.77 bits per heavy atom. The molecule has 0 radical (unpaired) electrons. The molecule has 0 spiro atoms. The molecule has 2 saturated heterocycles. The zero-order chi connectivity index (χ0) is 20.6. The summed E-state index contributed by atoms with van der Waals surface area (Å²) in [4.78, 5) is 17.0. The predicted octanol–water partition coefficient (Wildman–Crippen LogP) is 1.88. The lowest BCUT2D eigenvalue weighted by atomic mass is 9.96. The molecule has 0 unspecified atom stereocenters. The molecule has 8 heteroatoms. The van der Waals surface area contributed by atoms with Gasteiger partial charge >= 0.3 is 0 Å². The molecule has 2 aromatic rings. The van der Waals surface area contributed by atoms with Crippen LogP contribution in [0.2, 0.25) is 0 Å². The largest absolute Gasteiger partial charge is 0.379 e. The van der Waals surface area contributed by atoms with Gasteiger partial charge in [-0.2, -0.15) is 0 Å². The van der Waals surface area contributed by atoms with Gasteiger partial charge < -0.3 is 20.3 Å². The second-order valence-corrected chi connectivity index (χ2v) is 7.77. The maximum absolute atomic E-state index is 12.5. The van der Waals surface area contributed by atoms with E-state index in [2.05, 4.69) is 30.6 Å². The fourth-order valence-electron chi connectivity index (χ4n) is 3.91. The number of anilines is 3. The number of aromatic nitrogens is 2. The Bertz CT molecular complexity index is 787. The highest BCUT2D eigenvalue weighted by molar-refractivity contribution is 5.79. The Morgan fingerprint density at radius 3 is 2.47 bits per heavy atom. The molecular weight excluding hydrogens is 380 g/mol. The lowest BCUT2D eigenvalue weighted by molar-refractivity contribution is -0.125. The first-order valence-electron chi connectivity index (χ1n) is 10.8. The average molecular weight is 411 g/mol. The molecule has 2 aliphatic heterocycles. The van der Waals surface area contributed by atoms with Gasteiger partial charge in [0.05, 0.1) is 13.2 Å². The van der Waals surface area contributed by atoms with Gasteiger partial charge in [0.25, 0.3) is 0 Å². The summed E-state index contributed by atoms with van der Waals surface area (Å²) in [5, 5.41) is 15.0. The molecule has 1 aromatic heterocycles. The van der Waals surface area contributed by atoms with Gasteiger partial charge in [0.2, 0.25) is 5.91 Å². The standard InChI is InChI=1S/C22H30N6O2/c29-22(23-10-13-27-14-16-30-17-15-27)18-8-11-28(12-9-18)21-7-6-20(25-26-21)24-19-4-2-1-3-5-19/h1-7,18H,8-17H2,(H,23,29)(H,24,25). The highest BCUT2D eigenvalue weighted by atomic mass is 16.5. The number of morpholine rings is 1. The maximum Gasteiger partial charge on any atom is 0.223 e. The number of nitrogens with one attached hydrogen (secondary N) is 2. The van der Waals surface area contributed by atoms with Gasteiger partial charge in [-0.05, 0) is 37.1 Å². The molecule has 1 aromatic carbocycles. The van der Waals surface area contributed by atoms with Gasteiger partial charge in [0.1, 0.15) is 0 Å². The summed E-state index contributed by atoms with van der Waals surface area (Å²) >= 11 is 0. The summed E-state index contributed by atoms with van der Waals surface area (Å²) < 4.78 is 5.36. The predicted molar refractivity (Wildman–Crippen MR) is 117 cm³/mol. The van der Waals surface area contributed by atoms with Crippen LogP contribution in [-0.2, 0) is 9.53 Å². The summed E-state index contributed by atoms with van der Waals surface area (Å²) in [6.45, 7) is 6.73. The number of amides is 1. The minimum atomic E-state index is 0.0814. The summed E-state index contributed by atoms with van der Waals surface area (Å²) in [6, 6.07) is 13.9. The van der Waals surface area contributed by atoms with Gasteiger partial charge in [-0.15, -0.1) is 10.2 Å². The summed E-state index contributed by atoms with van der Waals surface area (Å²) in [6.07, 6.45) is 1.68. The van der Waals surface area contributed by atoms with E-state index in [0.717, 1.165) is 76.1 Å². The van der Waals surface area contributed by atoms with E-state index in [9.17, 15) is 4.79 Å². The van der Waals surface area contributed by atoms with Crippen molar-refractivity contribution in [1.82, 2.24) is 20.4 Å². The van der Waals surface area contributed by atoms with Crippen molar-refractivity contribution in [2.45, 2.75) is 12.8 Å². The Morgan fingerprint density at radius 1 is 1.00 bits per heavy atom. The third-order valence-corrected chi connectivity index (χ3v) is 5.72. The van der Waals surface area contributed by atoms with Crippen LogP contribution in [0.1, 0.15) is 12.8 Å². The van der Waals surface area contributed by atoms with Crippen LogP contribution in [0.15, 0.2) is 42.5 Å². The molecule has 1 amide bonds. The number of para-hydroxylation sites is 1. The molecule has 2 N–H and O–H groups in total. The normalized spacial score (nSPS) is 18.2. The summed E-state index contributed by atoms with van der Waals surface area (Å²) in [5.74, 6) is 1.84. The number of ether oxygens (including phenoxy) is 1. The van der Waals surface area contributed by atoms with Crippen LogP contribution in [0.3, 0.4) is 0 Å². The minimum Gasteiger partial charge on any atom is -0.379 e. The van der Waals surface area contributed by atoms with E-state index in [1.54, 1.807) is 0 Å². The number of hydrogen-bond donors (Lipinski definition) is 2. The number of piperidine rings is 1. The Labute approximate surface area is 177 Å². The van der Waals surface area contributed by atoms with Crippen molar-refractivity contribution >= 4 is 23.2 Å². The van der Waals surface area contributed by atoms with Crippen LogP contribution < -0.4 is 15.5 Å². The van der Waals surface area contributed by atoms with E-state index < -0.39 is 0 Å². The van der Waals surface area contributed by atoms with E-state index in [1.807, 2.05) is 42.5 Å². The summed E-state index contributed by atoms with van der Waals surface area (Å²) in [7, 11) is 0. The van der Waals surface area contributed by atoms with Crippen molar-refractivity contribution in [2.24, 2.45) is 5.92 Å². The van der Waals surface area contributed by atoms with Gasteiger partial charge in [-0.1, -0.05) is 18.2 Å². The fraction of sp³-hybridized carbons (Fsp3) is 0.500. The molecule has 160 valence electrons. The van der Waals surface area contributed by atoms with Crippen LogP contribution in [0.4, 0.5) is 17.3 Å². The van der Waals surface area contributed by atoms with Crippen molar-refractivity contribution in [1.29, 1.82) is 0 Å². The highest BCUT2D eigenvalue weighted by Gasteiger charge is 2.25. The average Bonchev–Trinajstić information content (AvgIpc) is 2.81. The molecule has 0 aliphatic carbocycles. The van der Waals surface area contributed by atoms with Gasteiger partial charge in [-0.25, -0.2) is 0 Å². The van der Waals surface area contributed by atoms with Crippen LogP contribution in [0.25, 0.3) is 0 Å². The van der Waals surface area contributed by atoms with Crippen LogP contribution in [0.5, 0.6) is 0 Å². The maximum atomic E-state index is 12.5. The first-order valence-corrected chi connectivity index (χ1v) is 10.8. The van der Waals surface area contributed by atoms with Gasteiger partial charge in [0, 0.05) is 50.9 Å². The van der Waals surface area contributed by atoms with Crippen LogP contribution >= 0.6 is 0 Å². The van der Waals surface area contributed by atoms with E-state index in [4.69, 9.17) is 4.74 Å². The number of rotatable bonds is 7. The second-order valence-electron chi connectivity index (χ2n) is 7.77. The fourth-order valence-corrected chi connectivity index (χ4v) is 3.91. The van der Waals surface area contributed by atoms with Crippen molar-refractivity contribution in [3.8, 4) is 0 Å². The minimum absolute atomic E-state index is 0.0814. The van der Waals surface area contributed by atoms with E-state index in [-0.39, 0.29) is 11.8 Å². The zero-order valence-corrected chi connectivity index (χ0v) is 17.3. The molecule has 8 nitrogen and oxygen atoms in total. The van der Waals surface area contributed by atoms with E-state index in [0.29, 0.717) is 6.54 Å². The first kappa shape index (κ1) is 20.6. The lowest BCUT2D eigenvalue weighted by Gasteiger charge is -2.32. The SMILES string of the molecule is O=C(NCCN1CCOCC1)C1CCN(c2ccc(Nc3ccccc3)nn2)CC1. The molecule has 0 bridgehead atoms. The first-order chi connectivity index (χ1) is 14.8. The van der Waals surface area contributed by atoms with Crippen LogP contribution in [0, 0.1) is 5.92 Å². The molecule has 4 rings (SSSR count).